The Hall–Kier alpha value is -1.89. The van der Waals surface area contributed by atoms with Gasteiger partial charge >= 0.3 is 5.97 Å². The zero-order valence-corrected chi connectivity index (χ0v) is 11.5. The number of aromatic nitrogens is 2. The molecular formula is C13H20N4O3. The number of H-pyrrole nitrogens is 1. The Bertz CT molecular complexity index is 498. The smallest absolute Gasteiger partial charge is 0.326 e. The van der Waals surface area contributed by atoms with Gasteiger partial charge in [0.1, 0.15) is 6.04 Å². The number of fused-ring (bicyclic) bond motifs is 1. The van der Waals surface area contributed by atoms with Crippen molar-refractivity contribution in [1.29, 1.82) is 0 Å². The maximum Gasteiger partial charge on any atom is 0.326 e. The molecule has 0 saturated carbocycles. The third-order valence-electron chi connectivity index (χ3n) is 3.55. The molecule has 2 atom stereocenters. The first-order valence-corrected chi connectivity index (χ1v) is 6.78. The van der Waals surface area contributed by atoms with E-state index in [9.17, 15) is 14.7 Å². The van der Waals surface area contributed by atoms with Gasteiger partial charge in [-0.25, -0.2) is 9.78 Å². The van der Waals surface area contributed by atoms with E-state index >= 15 is 0 Å². The van der Waals surface area contributed by atoms with Crippen LogP contribution in [0.2, 0.25) is 0 Å². The molecule has 0 fully saturated rings. The third kappa shape index (κ3) is 3.16. The number of nitrogens with zero attached hydrogens (tertiary/aromatic N) is 2. The molecular weight excluding hydrogens is 260 g/mol. The van der Waals surface area contributed by atoms with Gasteiger partial charge in [-0.05, 0) is 19.8 Å². The van der Waals surface area contributed by atoms with Crippen molar-refractivity contribution in [2.24, 2.45) is 5.73 Å². The quantitative estimate of drug-likeness (QED) is 0.716. The fourth-order valence-corrected chi connectivity index (χ4v) is 2.44. The Balaban J connectivity index is 2.04. The lowest BCUT2D eigenvalue weighted by atomic mass is 10.0. The normalized spacial score (nSPS) is 19.5. The standard InChI is InChI=1S/C13H20N4O3/c1-8(14)3-2-4-12(18)17-6-10-9(15-7-16-10)5-11(17)13(19)20/h7-8,11H,2-6,14H2,1H3,(H,15,16)(H,19,20). The lowest BCUT2D eigenvalue weighted by molar-refractivity contribution is -0.151. The van der Waals surface area contributed by atoms with Gasteiger partial charge in [-0.15, -0.1) is 0 Å². The van der Waals surface area contributed by atoms with Gasteiger partial charge in [0.15, 0.2) is 0 Å². The van der Waals surface area contributed by atoms with Crippen molar-refractivity contribution in [2.75, 3.05) is 0 Å². The number of carbonyl (C=O) groups excluding carboxylic acids is 1. The van der Waals surface area contributed by atoms with Gasteiger partial charge in [0, 0.05) is 18.9 Å². The molecule has 7 heteroatoms. The van der Waals surface area contributed by atoms with Gasteiger partial charge in [-0.1, -0.05) is 0 Å². The van der Waals surface area contributed by atoms with E-state index in [4.69, 9.17) is 5.73 Å². The molecule has 20 heavy (non-hydrogen) atoms. The van der Waals surface area contributed by atoms with Crippen LogP contribution in [0.5, 0.6) is 0 Å². The molecule has 1 aromatic heterocycles. The van der Waals surface area contributed by atoms with E-state index in [2.05, 4.69) is 9.97 Å². The van der Waals surface area contributed by atoms with Crippen LogP contribution in [0, 0.1) is 0 Å². The predicted molar refractivity (Wildman–Crippen MR) is 71.8 cm³/mol. The molecule has 0 radical (unpaired) electrons. The van der Waals surface area contributed by atoms with E-state index in [1.807, 2.05) is 6.92 Å². The fourth-order valence-electron chi connectivity index (χ4n) is 2.44. The molecule has 0 bridgehead atoms. The highest BCUT2D eigenvalue weighted by Gasteiger charge is 2.35. The van der Waals surface area contributed by atoms with Crippen molar-refractivity contribution >= 4 is 11.9 Å². The molecule has 1 aromatic rings. The minimum Gasteiger partial charge on any atom is -0.480 e. The topological polar surface area (TPSA) is 112 Å². The molecule has 0 aromatic carbocycles. The first kappa shape index (κ1) is 14.5. The van der Waals surface area contributed by atoms with Gasteiger partial charge < -0.3 is 20.7 Å². The molecule has 110 valence electrons. The number of hydrogen-bond acceptors (Lipinski definition) is 4. The van der Waals surface area contributed by atoms with Crippen LogP contribution in [-0.4, -0.2) is 43.9 Å². The summed E-state index contributed by atoms with van der Waals surface area (Å²) in [4.78, 5) is 32.0. The van der Waals surface area contributed by atoms with E-state index in [0.717, 1.165) is 17.8 Å². The molecule has 0 saturated heterocycles. The molecule has 1 amide bonds. The summed E-state index contributed by atoms with van der Waals surface area (Å²) in [7, 11) is 0. The molecule has 1 aliphatic rings. The number of carboxylic acids is 1. The van der Waals surface area contributed by atoms with Crippen LogP contribution in [0.15, 0.2) is 6.33 Å². The van der Waals surface area contributed by atoms with Crippen molar-refractivity contribution in [2.45, 2.75) is 51.2 Å². The number of hydrogen-bond donors (Lipinski definition) is 3. The zero-order chi connectivity index (χ0) is 14.7. The number of rotatable bonds is 5. The Labute approximate surface area is 117 Å². The summed E-state index contributed by atoms with van der Waals surface area (Å²) in [6.45, 7) is 2.17. The summed E-state index contributed by atoms with van der Waals surface area (Å²) in [6.07, 6.45) is 3.55. The summed E-state index contributed by atoms with van der Waals surface area (Å²) >= 11 is 0. The number of carboxylic acid groups (broad SMARTS) is 1. The zero-order valence-electron chi connectivity index (χ0n) is 11.5. The van der Waals surface area contributed by atoms with Gasteiger partial charge in [0.25, 0.3) is 0 Å². The minimum absolute atomic E-state index is 0.0543. The van der Waals surface area contributed by atoms with Crippen LogP contribution in [0.3, 0.4) is 0 Å². The number of aromatic amines is 1. The minimum atomic E-state index is -0.987. The van der Waals surface area contributed by atoms with Crippen molar-refractivity contribution in [3.05, 3.63) is 17.7 Å². The monoisotopic (exact) mass is 280 g/mol. The number of nitrogens with two attached hydrogens (primary N) is 1. The number of carbonyl (C=O) groups is 2. The Morgan fingerprint density at radius 2 is 2.40 bits per heavy atom. The average Bonchev–Trinajstić information content (AvgIpc) is 2.83. The van der Waals surface area contributed by atoms with Crippen molar-refractivity contribution in [3.63, 3.8) is 0 Å². The highest BCUT2D eigenvalue weighted by atomic mass is 16.4. The summed E-state index contributed by atoms with van der Waals surface area (Å²) < 4.78 is 0. The van der Waals surface area contributed by atoms with Crippen LogP contribution in [0.1, 0.15) is 37.6 Å². The summed E-state index contributed by atoms with van der Waals surface area (Å²) in [5.41, 5.74) is 7.21. The van der Waals surface area contributed by atoms with Crippen LogP contribution < -0.4 is 5.73 Å². The first-order valence-electron chi connectivity index (χ1n) is 6.78. The SMILES string of the molecule is CC(N)CCCC(=O)N1Cc2[nH]cnc2CC1C(=O)O. The Kier molecular flexibility index (Phi) is 4.39. The van der Waals surface area contributed by atoms with Gasteiger partial charge in [0.05, 0.1) is 24.3 Å². The third-order valence-corrected chi connectivity index (χ3v) is 3.55. The van der Waals surface area contributed by atoms with Crippen LogP contribution in [-0.2, 0) is 22.6 Å². The average molecular weight is 280 g/mol. The van der Waals surface area contributed by atoms with Gasteiger partial charge in [0.2, 0.25) is 5.91 Å². The molecule has 2 rings (SSSR count). The lowest BCUT2D eigenvalue weighted by Crippen LogP contribution is -2.48. The largest absolute Gasteiger partial charge is 0.480 e. The first-order chi connectivity index (χ1) is 9.49. The van der Waals surface area contributed by atoms with Crippen LogP contribution in [0.25, 0.3) is 0 Å². The second-order valence-corrected chi connectivity index (χ2v) is 5.28. The van der Waals surface area contributed by atoms with Crippen molar-refractivity contribution < 1.29 is 14.7 Å². The Morgan fingerprint density at radius 3 is 3.05 bits per heavy atom. The number of aliphatic carboxylic acids is 1. The highest BCUT2D eigenvalue weighted by molar-refractivity contribution is 5.84. The van der Waals surface area contributed by atoms with E-state index < -0.39 is 12.0 Å². The maximum absolute atomic E-state index is 12.2. The van der Waals surface area contributed by atoms with E-state index in [-0.39, 0.29) is 24.9 Å². The summed E-state index contributed by atoms with van der Waals surface area (Å²) in [5, 5.41) is 9.28. The molecule has 7 nitrogen and oxygen atoms in total. The van der Waals surface area contributed by atoms with E-state index in [1.54, 1.807) is 0 Å². The second-order valence-electron chi connectivity index (χ2n) is 5.28. The van der Waals surface area contributed by atoms with E-state index in [0.29, 0.717) is 12.8 Å². The molecule has 0 aliphatic carbocycles. The molecule has 2 unspecified atom stereocenters. The van der Waals surface area contributed by atoms with E-state index in [1.165, 1.54) is 11.2 Å². The molecule has 0 spiro atoms. The second kappa shape index (κ2) is 6.04. The van der Waals surface area contributed by atoms with Crippen LogP contribution >= 0.6 is 0 Å². The maximum atomic E-state index is 12.2. The summed E-state index contributed by atoms with van der Waals surface area (Å²) in [5.74, 6) is -1.13. The highest BCUT2D eigenvalue weighted by Crippen LogP contribution is 2.22. The van der Waals surface area contributed by atoms with Crippen LogP contribution in [0.4, 0.5) is 0 Å². The summed E-state index contributed by atoms with van der Waals surface area (Å²) in [6, 6.07) is -0.771. The molecule has 1 aliphatic heterocycles. The predicted octanol–water partition coefficient (Wildman–Crippen LogP) is 0.265. The number of imidazole rings is 1. The lowest BCUT2D eigenvalue weighted by Gasteiger charge is -2.32. The van der Waals surface area contributed by atoms with Crippen molar-refractivity contribution in [1.82, 2.24) is 14.9 Å². The number of amides is 1. The Morgan fingerprint density at radius 1 is 1.65 bits per heavy atom. The van der Waals surface area contributed by atoms with Crippen molar-refractivity contribution in [3.8, 4) is 0 Å². The number of nitrogens with one attached hydrogen (secondary N) is 1. The molecule has 2 heterocycles. The fraction of sp³-hybridized carbons (Fsp3) is 0.615. The molecule has 4 N–H and O–H groups in total. The van der Waals surface area contributed by atoms with Gasteiger partial charge in [-0.2, -0.15) is 0 Å². The van der Waals surface area contributed by atoms with Gasteiger partial charge in [-0.3, -0.25) is 4.79 Å².